The van der Waals surface area contributed by atoms with E-state index in [0.29, 0.717) is 47.2 Å². The third-order valence-electron chi connectivity index (χ3n) is 7.23. The summed E-state index contributed by atoms with van der Waals surface area (Å²) in [5.41, 5.74) is 4.39. The molecule has 0 aliphatic carbocycles. The van der Waals surface area contributed by atoms with E-state index in [4.69, 9.17) is 24.4 Å². The van der Waals surface area contributed by atoms with Crippen molar-refractivity contribution in [2.24, 2.45) is 0 Å². The van der Waals surface area contributed by atoms with Gasteiger partial charge in [-0.2, -0.15) is 0 Å². The van der Waals surface area contributed by atoms with Gasteiger partial charge in [0.15, 0.2) is 0 Å². The molecule has 2 aliphatic rings. The standard InChI is InChI=1S/C30H34N6O8S6/c37-23(31-33-49(41,42)21-13-5-1-6-14-21)17-9-3-11-19-35-27(39)25(47-29(35)45)26-28(40)36(30(46)48-26)20-12-4-10-18-24(38)32-34-50(43,44)22-15-7-2-8-16-22/h1-2,5-8,13-16,33-34H,3-4,9-12,17-20H2,(H,31,37)(H,32,38)/b26-25+. The Morgan fingerprint density at radius 2 is 0.940 bits per heavy atom. The number of hydrogen-bond donors (Lipinski definition) is 4. The van der Waals surface area contributed by atoms with Crippen LogP contribution in [0.3, 0.4) is 0 Å². The molecule has 0 bridgehead atoms. The van der Waals surface area contributed by atoms with Crippen LogP contribution in [0.5, 0.6) is 0 Å². The number of hydrogen-bond acceptors (Lipinski definition) is 12. The lowest BCUT2D eigenvalue weighted by atomic mass is 10.2. The molecular formula is C30H34N6O8S6. The summed E-state index contributed by atoms with van der Waals surface area (Å²) in [6.45, 7) is 0.579. The molecule has 0 saturated carbocycles. The number of thiocarbonyl (C=S) groups is 2. The average molecular weight is 799 g/mol. The molecule has 4 N–H and O–H groups in total. The van der Waals surface area contributed by atoms with Crippen molar-refractivity contribution >= 4 is 100 Å². The van der Waals surface area contributed by atoms with E-state index in [2.05, 4.69) is 20.5 Å². The second-order valence-electron chi connectivity index (χ2n) is 10.9. The van der Waals surface area contributed by atoms with Crippen LogP contribution in [0.1, 0.15) is 51.4 Å². The fourth-order valence-corrected chi connectivity index (χ4v) is 9.14. The Bertz CT molecular complexity index is 1740. The van der Waals surface area contributed by atoms with Gasteiger partial charge in [-0.3, -0.25) is 39.8 Å². The summed E-state index contributed by atoms with van der Waals surface area (Å²) in [4.78, 5) is 58.1. The maximum Gasteiger partial charge on any atom is 0.267 e. The summed E-state index contributed by atoms with van der Waals surface area (Å²) < 4.78 is 49.5. The SMILES string of the molecule is O=C(CCCCCN1C(=O)/C(=C2\SC(=S)N(CCCCCC(=O)NNS(=O)(=O)c3ccccc3)C2=O)SC1=S)NNS(=O)(=O)c1ccccc1. The molecule has 2 aromatic carbocycles. The Hall–Kier alpha value is -3.24. The number of sulfonamides is 2. The summed E-state index contributed by atoms with van der Waals surface area (Å²) in [7, 11) is -7.75. The number of hydrazine groups is 2. The van der Waals surface area contributed by atoms with Crippen molar-refractivity contribution in [3.63, 3.8) is 0 Å². The number of thioether (sulfide) groups is 2. The molecule has 0 aromatic heterocycles. The molecular weight excluding hydrogens is 765 g/mol. The molecule has 2 aromatic rings. The van der Waals surface area contributed by atoms with Gasteiger partial charge < -0.3 is 0 Å². The third-order valence-corrected chi connectivity index (χ3v) is 12.8. The number of carbonyl (C=O) groups is 4. The van der Waals surface area contributed by atoms with Crippen LogP contribution in [-0.2, 0) is 39.2 Å². The average Bonchev–Trinajstić information content (AvgIpc) is 3.55. The van der Waals surface area contributed by atoms with E-state index >= 15 is 0 Å². The van der Waals surface area contributed by atoms with Crippen LogP contribution in [-0.4, -0.2) is 72.0 Å². The van der Waals surface area contributed by atoms with Gasteiger partial charge in [-0.1, -0.05) is 97.2 Å². The molecule has 20 heteroatoms. The number of benzene rings is 2. The Balaban J connectivity index is 1.14. The highest BCUT2D eigenvalue weighted by molar-refractivity contribution is 8.29. The van der Waals surface area contributed by atoms with Crippen molar-refractivity contribution in [2.45, 2.75) is 61.2 Å². The van der Waals surface area contributed by atoms with Crippen molar-refractivity contribution in [3.05, 3.63) is 70.5 Å². The number of nitrogens with one attached hydrogen (secondary N) is 4. The van der Waals surface area contributed by atoms with Crippen molar-refractivity contribution in [2.75, 3.05) is 13.1 Å². The Morgan fingerprint density at radius 1 is 0.580 bits per heavy atom. The van der Waals surface area contributed by atoms with Gasteiger partial charge in [-0.25, -0.2) is 16.8 Å². The lowest BCUT2D eigenvalue weighted by molar-refractivity contribution is -0.124. The lowest BCUT2D eigenvalue weighted by Gasteiger charge is -2.14. The first-order valence-corrected chi connectivity index (χ1v) is 20.7. The van der Waals surface area contributed by atoms with Gasteiger partial charge in [-0.05, 0) is 49.9 Å². The highest BCUT2D eigenvalue weighted by atomic mass is 32.2. The van der Waals surface area contributed by atoms with E-state index in [1.807, 2.05) is 0 Å². The zero-order chi connectivity index (χ0) is 36.3. The molecule has 50 heavy (non-hydrogen) atoms. The normalized spacial score (nSPS) is 16.7. The molecule has 0 spiro atoms. The number of rotatable bonds is 18. The highest BCUT2D eigenvalue weighted by Crippen LogP contribution is 2.42. The van der Waals surface area contributed by atoms with Crippen molar-refractivity contribution in [1.29, 1.82) is 0 Å². The predicted molar refractivity (Wildman–Crippen MR) is 198 cm³/mol. The molecule has 14 nitrogen and oxygen atoms in total. The number of unbranched alkanes of at least 4 members (excludes halogenated alkanes) is 4. The van der Waals surface area contributed by atoms with Crippen molar-refractivity contribution in [3.8, 4) is 0 Å². The van der Waals surface area contributed by atoms with E-state index < -0.39 is 31.9 Å². The number of carbonyl (C=O) groups excluding carboxylic acids is 4. The predicted octanol–water partition coefficient (Wildman–Crippen LogP) is 3.06. The van der Waals surface area contributed by atoms with Crippen LogP contribution in [0.2, 0.25) is 0 Å². The molecule has 2 fully saturated rings. The zero-order valence-electron chi connectivity index (χ0n) is 26.5. The third kappa shape index (κ3) is 10.9. The molecule has 4 amide bonds. The van der Waals surface area contributed by atoms with Crippen LogP contribution in [0, 0.1) is 0 Å². The first-order valence-electron chi connectivity index (χ1n) is 15.3. The molecule has 2 heterocycles. The quantitative estimate of drug-likeness (QED) is 0.0748. The van der Waals surface area contributed by atoms with Gasteiger partial charge in [0, 0.05) is 25.9 Å². The second kappa shape index (κ2) is 18.3. The highest BCUT2D eigenvalue weighted by Gasteiger charge is 2.41. The second-order valence-corrected chi connectivity index (χ2v) is 17.5. The fourth-order valence-electron chi connectivity index (χ4n) is 4.61. The smallest absolute Gasteiger partial charge is 0.267 e. The van der Waals surface area contributed by atoms with Gasteiger partial charge in [0.05, 0.1) is 19.6 Å². The number of amides is 4. The first-order chi connectivity index (χ1) is 23.8. The zero-order valence-corrected chi connectivity index (χ0v) is 31.4. The Labute approximate surface area is 309 Å². The largest absolute Gasteiger partial charge is 0.293 e. The van der Waals surface area contributed by atoms with Crippen molar-refractivity contribution < 1.29 is 36.0 Å². The maximum absolute atomic E-state index is 13.2. The van der Waals surface area contributed by atoms with Gasteiger partial charge >= 0.3 is 0 Å². The summed E-state index contributed by atoms with van der Waals surface area (Å²) >= 11 is 12.9. The molecule has 2 saturated heterocycles. The molecule has 268 valence electrons. The van der Waals surface area contributed by atoms with Gasteiger partial charge in [-0.15, -0.1) is 9.66 Å². The van der Waals surface area contributed by atoms with Crippen LogP contribution >= 0.6 is 48.0 Å². The van der Waals surface area contributed by atoms with E-state index in [0.717, 1.165) is 23.5 Å². The van der Waals surface area contributed by atoms with E-state index in [1.54, 1.807) is 36.4 Å². The van der Waals surface area contributed by atoms with E-state index in [9.17, 15) is 36.0 Å². The molecule has 0 unspecified atom stereocenters. The van der Waals surface area contributed by atoms with Gasteiger partial charge in [0.25, 0.3) is 31.9 Å². The van der Waals surface area contributed by atoms with Crippen LogP contribution in [0.15, 0.2) is 80.3 Å². The molecule has 0 atom stereocenters. The minimum absolute atomic E-state index is 0.0245. The number of nitrogens with zero attached hydrogens (tertiary/aromatic N) is 2. The Morgan fingerprint density at radius 3 is 1.30 bits per heavy atom. The topological polar surface area (TPSA) is 191 Å². The van der Waals surface area contributed by atoms with Crippen molar-refractivity contribution in [1.82, 2.24) is 30.3 Å². The molecule has 4 rings (SSSR count). The summed E-state index contributed by atoms with van der Waals surface area (Å²) in [6.07, 6.45) is 3.23. The maximum atomic E-state index is 13.2. The minimum Gasteiger partial charge on any atom is -0.293 e. The fraction of sp³-hybridized carbons (Fsp3) is 0.333. The van der Waals surface area contributed by atoms with Crippen LogP contribution in [0.4, 0.5) is 0 Å². The van der Waals surface area contributed by atoms with Crippen LogP contribution < -0.4 is 20.5 Å². The van der Waals surface area contributed by atoms with E-state index in [1.165, 1.54) is 34.1 Å². The summed E-state index contributed by atoms with van der Waals surface area (Å²) in [5, 5.41) is 0. The monoisotopic (exact) mass is 798 g/mol. The van der Waals surface area contributed by atoms with Crippen LogP contribution in [0.25, 0.3) is 0 Å². The summed E-state index contributed by atoms with van der Waals surface area (Å²) in [5.74, 6) is -1.76. The lowest BCUT2D eigenvalue weighted by Crippen LogP contribution is -2.41. The van der Waals surface area contributed by atoms with E-state index in [-0.39, 0.29) is 57.3 Å². The first kappa shape index (κ1) is 39.5. The van der Waals surface area contributed by atoms with Gasteiger partial charge in [0.2, 0.25) is 11.8 Å². The van der Waals surface area contributed by atoms with Gasteiger partial charge in [0.1, 0.15) is 8.64 Å². The molecule has 0 radical (unpaired) electrons. The minimum atomic E-state index is -3.87. The Kier molecular flexibility index (Phi) is 14.5. The summed E-state index contributed by atoms with van der Waals surface area (Å²) in [6, 6.07) is 15.3. The molecule has 2 aliphatic heterocycles.